The van der Waals surface area contributed by atoms with Gasteiger partial charge in [-0.25, -0.2) is 0 Å². The molecule has 1 aromatic carbocycles. The molecule has 2 rings (SSSR count). The molecule has 0 unspecified atom stereocenters. The van der Waals surface area contributed by atoms with Gasteiger partial charge in [-0.15, -0.1) is 0 Å². The lowest BCUT2D eigenvalue weighted by Gasteiger charge is -2.06. The van der Waals surface area contributed by atoms with Crippen molar-refractivity contribution in [2.45, 2.75) is 12.8 Å². The van der Waals surface area contributed by atoms with Crippen LogP contribution in [0.15, 0.2) is 22.7 Å². The number of amides is 1. The van der Waals surface area contributed by atoms with E-state index < -0.39 is 4.92 Å². The molecule has 0 spiro atoms. The van der Waals surface area contributed by atoms with Crippen LogP contribution in [-0.4, -0.2) is 10.8 Å². The topological polar surface area (TPSA) is 81.5 Å². The third kappa shape index (κ3) is 2.94. The first-order valence-electron chi connectivity index (χ1n) is 4.98. The van der Waals surface area contributed by atoms with E-state index in [4.69, 9.17) is 4.84 Å². The number of hydrogen-bond acceptors (Lipinski definition) is 4. The Hall–Kier alpha value is -1.63. The van der Waals surface area contributed by atoms with Gasteiger partial charge < -0.3 is 4.84 Å². The van der Waals surface area contributed by atoms with Gasteiger partial charge in [0.05, 0.1) is 4.92 Å². The van der Waals surface area contributed by atoms with Crippen LogP contribution in [0.4, 0.5) is 5.69 Å². The molecule has 6 nitrogen and oxygen atoms in total. The van der Waals surface area contributed by atoms with Crippen LogP contribution in [0.2, 0.25) is 0 Å². The Morgan fingerprint density at radius 1 is 1.53 bits per heavy atom. The van der Waals surface area contributed by atoms with Gasteiger partial charge in [0.2, 0.25) is 5.75 Å². The van der Waals surface area contributed by atoms with Crippen LogP contribution < -0.4 is 10.3 Å². The molecule has 0 saturated heterocycles. The van der Waals surface area contributed by atoms with Gasteiger partial charge in [0.1, 0.15) is 0 Å². The zero-order chi connectivity index (χ0) is 12.4. The van der Waals surface area contributed by atoms with Crippen LogP contribution in [0, 0.1) is 16.0 Å². The van der Waals surface area contributed by atoms with E-state index in [1.807, 2.05) is 0 Å². The van der Waals surface area contributed by atoms with Gasteiger partial charge in [-0.1, -0.05) is 15.9 Å². The number of benzene rings is 1. The van der Waals surface area contributed by atoms with Gasteiger partial charge in [0, 0.05) is 16.5 Å². The number of nitro benzene ring substituents is 1. The zero-order valence-corrected chi connectivity index (χ0v) is 10.3. The van der Waals surface area contributed by atoms with Crippen molar-refractivity contribution in [1.82, 2.24) is 5.48 Å². The Morgan fingerprint density at radius 2 is 2.24 bits per heavy atom. The lowest BCUT2D eigenvalue weighted by Crippen LogP contribution is -2.28. The third-order valence-corrected chi connectivity index (χ3v) is 2.82. The summed E-state index contributed by atoms with van der Waals surface area (Å²) in [5, 5.41) is 10.8. The van der Waals surface area contributed by atoms with Crippen molar-refractivity contribution in [3.05, 3.63) is 32.8 Å². The molecule has 0 bridgehead atoms. The lowest BCUT2D eigenvalue weighted by molar-refractivity contribution is -0.386. The predicted octanol–water partition coefficient (Wildman–Crippen LogP) is 2.18. The fourth-order valence-electron chi connectivity index (χ4n) is 1.25. The summed E-state index contributed by atoms with van der Waals surface area (Å²) in [4.78, 5) is 26.5. The molecule has 0 heterocycles. The average Bonchev–Trinajstić information content (AvgIpc) is 3.10. The third-order valence-electron chi connectivity index (χ3n) is 2.33. The molecule has 90 valence electrons. The number of nitro groups is 1. The summed E-state index contributed by atoms with van der Waals surface area (Å²) in [6.45, 7) is 0. The van der Waals surface area contributed by atoms with Crippen molar-refractivity contribution in [1.29, 1.82) is 0 Å². The van der Waals surface area contributed by atoms with E-state index >= 15 is 0 Å². The van der Waals surface area contributed by atoms with Crippen LogP contribution in [0.1, 0.15) is 12.8 Å². The predicted molar refractivity (Wildman–Crippen MR) is 62.3 cm³/mol. The van der Waals surface area contributed by atoms with Crippen molar-refractivity contribution in [3.8, 4) is 5.75 Å². The Balaban J connectivity index is 2.08. The minimum Gasteiger partial charge on any atom is -0.372 e. The second-order valence-corrected chi connectivity index (χ2v) is 4.63. The Morgan fingerprint density at radius 3 is 2.82 bits per heavy atom. The van der Waals surface area contributed by atoms with Gasteiger partial charge in [0.15, 0.2) is 0 Å². The van der Waals surface area contributed by atoms with E-state index in [0.717, 1.165) is 12.8 Å². The van der Waals surface area contributed by atoms with Crippen LogP contribution in [0.5, 0.6) is 5.75 Å². The van der Waals surface area contributed by atoms with Crippen molar-refractivity contribution >= 4 is 27.5 Å². The van der Waals surface area contributed by atoms with E-state index in [-0.39, 0.29) is 23.3 Å². The number of carbonyl (C=O) groups is 1. The molecule has 1 aliphatic carbocycles. The first-order valence-corrected chi connectivity index (χ1v) is 5.78. The largest absolute Gasteiger partial charge is 0.372 e. The standard InChI is InChI=1S/C10H9BrN2O4/c11-7-3-4-9(8(5-7)13(15)16)17-12-10(14)6-1-2-6/h3-6H,1-2H2,(H,12,14). The average molecular weight is 301 g/mol. The van der Waals surface area contributed by atoms with Gasteiger partial charge >= 0.3 is 5.69 Å². The molecule has 0 aliphatic heterocycles. The summed E-state index contributed by atoms with van der Waals surface area (Å²) in [5.74, 6) is -0.223. The number of nitrogens with one attached hydrogen (secondary N) is 1. The van der Waals surface area contributed by atoms with Gasteiger partial charge in [-0.05, 0) is 25.0 Å². The Kier molecular flexibility index (Phi) is 3.28. The molecule has 17 heavy (non-hydrogen) atoms. The minimum absolute atomic E-state index is 0.00972. The monoisotopic (exact) mass is 300 g/mol. The molecule has 0 radical (unpaired) electrons. The molecule has 1 amide bonds. The molecule has 1 aliphatic rings. The summed E-state index contributed by atoms with van der Waals surface area (Å²) in [6.07, 6.45) is 1.69. The van der Waals surface area contributed by atoms with Crippen LogP contribution in [0.3, 0.4) is 0 Å². The number of halogens is 1. The van der Waals surface area contributed by atoms with Crippen LogP contribution in [0.25, 0.3) is 0 Å². The maximum absolute atomic E-state index is 11.3. The van der Waals surface area contributed by atoms with Gasteiger partial charge in [0.25, 0.3) is 5.91 Å². The SMILES string of the molecule is O=C(NOc1ccc(Br)cc1[N+](=O)[O-])C1CC1. The number of hydrogen-bond donors (Lipinski definition) is 1. The maximum atomic E-state index is 11.3. The van der Waals surface area contributed by atoms with E-state index in [1.54, 1.807) is 6.07 Å². The summed E-state index contributed by atoms with van der Waals surface area (Å²) in [7, 11) is 0. The van der Waals surface area contributed by atoms with E-state index in [0.29, 0.717) is 4.47 Å². The smallest absolute Gasteiger partial charge is 0.315 e. The van der Waals surface area contributed by atoms with Crippen molar-refractivity contribution in [3.63, 3.8) is 0 Å². The second kappa shape index (κ2) is 4.70. The summed E-state index contributed by atoms with van der Waals surface area (Å²) in [5.41, 5.74) is 2.02. The number of carbonyl (C=O) groups excluding carboxylic acids is 1. The van der Waals surface area contributed by atoms with Crippen molar-refractivity contribution in [2.24, 2.45) is 5.92 Å². The first kappa shape index (κ1) is 11.8. The van der Waals surface area contributed by atoms with E-state index in [1.165, 1.54) is 12.1 Å². The fraction of sp³-hybridized carbons (Fsp3) is 0.300. The van der Waals surface area contributed by atoms with Gasteiger partial charge in [-0.2, -0.15) is 5.48 Å². The molecular weight excluding hydrogens is 292 g/mol. The van der Waals surface area contributed by atoms with E-state index in [9.17, 15) is 14.9 Å². The van der Waals surface area contributed by atoms with E-state index in [2.05, 4.69) is 21.4 Å². The highest BCUT2D eigenvalue weighted by atomic mass is 79.9. The molecule has 7 heteroatoms. The minimum atomic E-state index is -0.566. The molecule has 0 aromatic heterocycles. The molecule has 1 aromatic rings. The van der Waals surface area contributed by atoms with Gasteiger partial charge in [-0.3, -0.25) is 14.9 Å². The summed E-state index contributed by atoms with van der Waals surface area (Å²) >= 11 is 3.13. The normalized spacial score (nSPS) is 14.2. The van der Waals surface area contributed by atoms with Crippen LogP contribution in [-0.2, 0) is 4.79 Å². The highest BCUT2D eigenvalue weighted by molar-refractivity contribution is 9.10. The number of hydroxylamine groups is 1. The molecular formula is C10H9BrN2O4. The quantitative estimate of drug-likeness (QED) is 0.682. The zero-order valence-electron chi connectivity index (χ0n) is 8.68. The Labute approximate surface area is 105 Å². The molecule has 0 atom stereocenters. The van der Waals surface area contributed by atoms with Crippen molar-refractivity contribution < 1.29 is 14.6 Å². The highest BCUT2D eigenvalue weighted by Gasteiger charge is 2.30. The number of nitrogens with zero attached hydrogens (tertiary/aromatic N) is 1. The lowest BCUT2D eigenvalue weighted by atomic mass is 10.3. The highest BCUT2D eigenvalue weighted by Crippen LogP contribution is 2.31. The fourth-order valence-corrected chi connectivity index (χ4v) is 1.60. The second-order valence-electron chi connectivity index (χ2n) is 3.71. The van der Waals surface area contributed by atoms with Crippen LogP contribution >= 0.6 is 15.9 Å². The first-order chi connectivity index (χ1) is 8.08. The Bertz CT molecular complexity index is 473. The maximum Gasteiger partial charge on any atom is 0.315 e. The summed E-state index contributed by atoms with van der Waals surface area (Å²) < 4.78 is 0.574. The number of rotatable bonds is 4. The summed E-state index contributed by atoms with van der Waals surface area (Å²) in [6, 6.07) is 4.35. The molecule has 1 N–H and O–H groups in total. The van der Waals surface area contributed by atoms with Crippen molar-refractivity contribution in [2.75, 3.05) is 0 Å². The molecule has 1 saturated carbocycles. The molecule has 1 fully saturated rings.